The summed E-state index contributed by atoms with van der Waals surface area (Å²) in [6.45, 7) is 3.68. The summed E-state index contributed by atoms with van der Waals surface area (Å²) < 4.78 is 61.0. The van der Waals surface area contributed by atoms with E-state index in [2.05, 4.69) is 4.74 Å². The van der Waals surface area contributed by atoms with Gasteiger partial charge in [0.2, 0.25) is 5.91 Å². The van der Waals surface area contributed by atoms with Gasteiger partial charge in [0.25, 0.3) is 0 Å². The number of rotatable bonds is 4. The Bertz CT molecular complexity index is 710. The lowest BCUT2D eigenvalue weighted by Gasteiger charge is -2.45. The number of halogens is 4. The highest BCUT2D eigenvalue weighted by atomic mass is 19.3. The molecule has 2 aliphatic heterocycles. The molecule has 0 unspecified atom stereocenters. The molecule has 3 rings (SSSR count). The average Bonchev–Trinajstić information content (AvgIpc) is 2.94. The number of hydrogen-bond donors (Lipinski definition) is 1. The molecular formula is C17H19F4NO4. The second-order valence-corrected chi connectivity index (χ2v) is 6.95. The Morgan fingerprint density at radius 3 is 2.65 bits per heavy atom. The molecule has 0 aliphatic carbocycles. The molecule has 9 heteroatoms. The van der Waals surface area contributed by atoms with Crippen LogP contribution in [0.2, 0.25) is 0 Å². The predicted octanol–water partition coefficient (Wildman–Crippen LogP) is 3.12. The SMILES string of the molecule is CC1(C)Oc2ccc(OC(F)(F)C(F)F)cc2[C@@H](N2CCCC2=O)[C@@H]1O. The van der Waals surface area contributed by atoms with Gasteiger partial charge in [-0.3, -0.25) is 4.79 Å². The van der Waals surface area contributed by atoms with Crippen molar-refractivity contribution < 1.29 is 36.9 Å². The number of alkyl halides is 4. The van der Waals surface area contributed by atoms with E-state index in [1.165, 1.54) is 11.0 Å². The topological polar surface area (TPSA) is 59.0 Å². The Hall–Kier alpha value is -2.03. The summed E-state index contributed by atoms with van der Waals surface area (Å²) in [5.41, 5.74) is -0.787. The van der Waals surface area contributed by atoms with Gasteiger partial charge in [0.05, 0.1) is 6.04 Å². The smallest absolute Gasteiger partial charge is 0.461 e. The molecular weight excluding hydrogens is 358 g/mol. The maximum absolute atomic E-state index is 13.2. The number of aliphatic hydroxyl groups excluding tert-OH is 1. The highest BCUT2D eigenvalue weighted by Gasteiger charge is 2.48. The van der Waals surface area contributed by atoms with E-state index in [4.69, 9.17) is 4.74 Å². The lowest BCUT2D eigenvalue weighted by molar-refractivity contribution is -0.253. The van der Waals surface area contributed by atoms with E-state index in [-0.39, 0.29) is 17.2 Å². The van der Waals surface area contributed by atoms with Gasteiger partial charge in [-0.2, -0.15) is 17.6 Å². The molecule has 2 aliphatic rings. The minimum Gasteiger partial charge on any atom is -0.485 e. The van der Waals surface area contributed by atoms with Crippen LogP contribution in [0.3, 0.4) is 0 Å². The van der Waals surface area contributed by atoms with Crippen molar-refractivity contribution in [3.63, 3.8) is 0 Å². The van der Waals surface area contributed by atoms with Crippen LogP contribution in [0.15, 0.2) is 18.2 Å². The lowest BCUT2D eigenvalue weighted by atomic mass is 9.85. The van der Waals surface area contributed by atoms with Crippen LogP contribution in [0.5, 0.6) is 11.5 Å². The largest absolute Gasteiger partial charge is 0.485 e. The summed E-state index contributed by atoms with van der Waals surface area (Å²) in [4.78, 5) is 13.6. The molecule has 0 saturated carbocycles. The van der Waals surface area contributed by atoms with Crippen molar-refractivity contribution >= 4 is 5.91 Å². The van der Waals surface area contributed by atoms with E-state index in [1.807, 2.05) is 0 Å². The molecule has 144 valence electrons. The number of likely N-dealkylation sites (tertiary alicyclic amines) is 1. The van der Waals surface area contributed by atoms with Crippen molar-refractivity contribution in [2.24, 2.45) is 0 Å². The van der Waals surface area contributed by atoms with Crippen molar-refractivity contribution in [2.45, 2.75) is 57.0 Å². The van der Waals surface area contributed by atoms with E-state index in [1.54, 1.807) is 13.8 Å². The molecule has 1 N–H and O–H groups in total. The van der Waals surface area contributed by atoms with Crippen molar-refractivity contribution in [2.75, 3.05) is 6.54 Å². The third-order valence-electron chi connectivity index (χ3n) is 4.64. The number of amides is 1. The Morgan fingerprint density at radius 1 is 1.38 bits per heavy atom. The number of fused-ring (bicyclic) bond motifs is 1. The minimum atomic E-state index is -4.65. The number of carbonyl (C=O) groups is 1. The second kappa shape index (κ2) is 6.29. The molecule has 1 amide bonds. The fraction of sp³-hybridized carbons (Fsp3) is 0.588. The zero-order chi connectivity index (χ0) is 19.3. The molecule has 0 radical (unpaired) electrons. The van der Waals surface area contributed by atoms with E-state index in [9.17, 15) is 27.5 Å². The van der Waals surface area contributed by atoms with E-state index in [0.29, 0.717) is 19.4 Å². The van der Waals surface area contributed by atoms with Crippen LogP contribution in [-0.2, 0) is 4.79 Å². The molecule has 1 fully saturated rings. The quantitative estimate of drug-likeness (QED) is 0.820. The van der Waals surface area contributed by atoms with E-state index >= 15 is 0 Å². The van der Waals surface area contributed by atoms with Crippen LogP contribution in [-0.4, -0.2) is 46.7 Å². The van der Waals surface area contributed by atoms with Crippen LogP contribution in [0.4, 0.5) is 17.6 Å². The Balaban J connectivity index is 2.02. The number of hydrogen-bond acceptors (Lipinski definition) is 4. The van der Waals surface area contributed by atoms with Gasteiger partial charge in [-0.1, -0.05) is 0 Å². The maximum atomic E-state index is 13.2. The van der Waals surface area contributed by atoms with Crippen LogP contribution in [0.1, 0.15) is 38.3 Å². The van der Waals surface area contributed by atoms with Gasteiger partial charge in [-0.15, -0.1) is 0 Å². The third kappa shape index (κ3) is 3.20. The first-order valence-electron chi connectivity index (χ1n) is 8.18. The van der Waals surface area contributed by atoms with Crippen LogP contribution >= 0.6 is 0 Å². The van der Waals surface area contributed by atoms with Crippen molar-refractivity contribution in [1.82, 2.24) is 4.90 Å². The second-order valence-electron chi connectivity index (χ2n) is 6.95. The number of ether oxygens (including phenoxy) is 2. The monoisotopic (exact) mass is 377 g/mol. The summed E-state index contributed by atoms with van der Waals surface area (Å²) in [5, 5.41) is 10.7. The molecule has 0 spiro atoms. The highest BCUT2D eigenvalue weighted by Crippen LogP contribution is 2.45. The van der Waals surface area contributed by atoms with E-state index in [0.717, 1.165) is 12.1 Å². The van der Waals surface area contributed by atoms with Crippen molar-refractivity contribution in [3.8, 4) is 11.5 Å². The normalized spacial score (nSPS) is 25.2. The Kier molecular flexibility index (Phi) is 4.54. The van der Waals surface area contributed by atoms with Crippen LogP contribution in [0, 0.1) is 0 Å². The van der Waals surface area contributed by atoms with E-state index < -0.39 is 36.0 Å². The zero-order valence-electron chi connectivity index (χ0n) is 14.2. The first-order chi connectivity index (χ1) is 12.0. The Labute approximate surface area is 147 Å². The van der Waals surface area contributed by atoms with Gasteiger partial charge < -0.3 is 19.5 Å². The summed E-state index contributed by atoms with van der Waals surface area (Å²) in [6.07, 6.45) is -8.85. The Morgan fingerprint density at radius 2 is 2.08 bits per heavy atom. The molecule has 5 nitrogen and oxygen atoms in total. The number of nitrogens with zero attached hydrogens (tertiary/aromatic N) is 1. The summed E-state index contributed by atoms with van der Waals surface area (Å²) in [6, 6.07) is 2.67. The standard InChI is InChI=1S/C17H19F4NO4/c1-16(2)14(24)13(22-7-3-4-12(22)23)10-8-9(5-6-11(10)26-16)25-17(20,21)15(18)19/h5-6,8,13-15,24H,3-4,7H2,1-2H3/t13-,14+/m1/s1. The average molecular weight is 377 g/mol. The molecule has 0 bridgehead atoms. The van der Waals surface area contributed by atoms with Gasteiger partial charge >= 0.3 is 12.5 Å². The number of benzene rings is 1. The molecule has 26 heavy (non-hydrogen) atoms. The molecule has 2 heterocycles. The fourth-order valence-electron chi connectivity index (χ4n) is 3.31. The maximum Gasteiger partial charge on any atom is 0.461 e. The summed E-state index contributed by atoms with van der Waals surface area (Å²) in [7, 11) is 0. The lowest BCUT2D eigenvalue weighted by Crippen LogP contribution is -2.53. The third-order valence-corrected chi connectivity index (χ3v) is 4.64. The molecule has 0 aromatic heterocycles. The van der Waals surface area contributed by atoms with Crippen LogP contribution in [0.25, 0.3) is 0 Å². The predicted molar refractivity (Wildman–Crippen MR) is 82.4 cm³/mol. The first-order valence-corrected chi connectivity index (χ1v) is 8.18. The van der Waals surface area contributed by atoms with Gasteiger partial charge in [-0.25, -0.2) is 0 Å². The highest BCUT2D eigenvalue weighted by molar-refractivity contribution is 5.79. The molecule has 1 saturated heterocycles. The van der Waals surface area contributed by atoms with Crippen molar-refractivity contribution in [1.29, 1.82) is 0 Å². The zero-order valence-corrected chi connectivity index (χ0v) is 14.2. The van der Waals surface area contributed by atoms with Gasteiger partial charge in [0.1, 0.15) is 23.2 Å². The van der Waals surface area contributed by atoms with Crippen molar-refractivity contribution in [3.05, 3.63) is 23.8 Å². The summed E-state index contributed by atoms with van der Waals surface area (Å²) in [5.74, 6) is -0.402. The molecule has 2 atom stereocenters. The first kappa shape index (κ1) is 18.8. The van der Waals surface area contributed by atoms with Gasteiger partial charge in [0, 0.05) is 18.5 Å². The van der Waals surface area contributed by atoms with Gasteiger partial charge in [-0.05, 0) is 38.5 Å². The molecule has 1 aromatic rings. The number of carbonyl (C=O) groups excluding carboxylic acids is 1. The minimum absolute atomic E-state index is 0.179. The van der Waals surface area contributed by atoms with Crippen LogP contribution < -0.4 is 9.47 Å². The number of aliphatic hydroxyl groups is 1. The summed E-state index contributed by atoms with van der Waals surface area (Å²) >= 11 is 0. The fourth-order valence-corrected chi connectivity index (χ4v) is 3.31. The van der Waals surface area contributed by atoms with Gasteiger partial charge in [0.15, 0.2) is 0 Å². The molecule has 1 aromatic carbocycles.